The number of nitrogens with zero attached hydrogens (tertiary/aromatic N) is 1. The monoisotopic (exact) mass is 360 g/mol. The van der Waals surface area contributed by atoms with Gasteiger partial charge in [-0.25, -0.2) is 0 Å². The zero-order chi connectivity index (χ0) is 18.5. The van der Waals surface area contributed by atoms with E-state index in [-0.39, 0.29) is 11.8 Å². The molecule has 3 rings (SSSR count). The molecule has 2 aliphatic rings. The number of rotatable bonds is 6. The first-order chi connectivity index (χ1) is 12.5. The van der Waals surface area contributed by atoms with Crippen molar-refractivity contribution in [3.8, 4) is 0 Å². The van der Waals surface area contributed by atoms with Crippen LogP contribution in [0.3, 0.4) is 0 Å². The molecule has 0 spiro atoms. The molecular formula is C21H36N4O+2. The molecule has 1 aromatic rings. The minimum Gasteiger partial charge on any atom is -0.378 e. The first-order valence-corrected chi connectivity index (χ1v) is 10.3. The van der Waals surface area contributed by atoms with Crippen molar-refractivity contribution in [1.82, 2.24) is 5.32 Å². The predicted octanol–water partition coefficient (Wildman–Crippen LogP) is -0.487. The molecule has 1 aliphatic heterocycles. The predicted molar refractivity (Wildman–Crippen MR) is 106 cm³/mol. The normalized spacial score (nSPS) is 25.0. The van der Waals surface area contributed by atoms with Gasteiger partial charge in [-0.2, -0.15) is 0 Å². The molecule has 1 saturated carbocycles. The fourth-order valence-corrected chi connectivity index (χ4v) is 4.38. The van der Waals surface area contributed by atoms with Gasteiger partial charge < -0.3 is 20.0 Å². The maximum absolute atomic E-state index is 12.5. The fourth-order valence-electron chi connectivity index (χ4n) is 4.38. The third-order valence-electron chi connectivity index (χ3n) is 6.26. The van der Waals surface area contributed by atoms with Crippen LogP contribution < -0.4 is 20.0 Å². The summed E-state index contributed by atoms with van der Waals surface area (Å²) in [4.78, 5) is 17.9. The van der Waals surface area contributed by atoms with Gasteiger partial charge in [-0.05, 0) is 25.0 Å². The Labute approximate surface area is 158 Å². The SMILES string of the molecule is CN(C)c1ccc([C@H](CNC(=O)C2CCCC2)[NH+]2CC[NH+](C)CC2)cc1. The van der Waals surface area contributed by atoms with Crippen molar-refractivity contribution in [2.45, 2.75) is 31.7 Å². The van der Waals surface area contributed by atoms with Crippen molar-refractivity contribution in [2.75, 3.05) is 58.8 Å². The highest BCUT2D eigenvalue weighted by Crippen LogP contribution is 2.24. The summed E-state index contributed by atoms with van der Waals surface area (Å²) in [5, 5.41) is 3.29. The molecule has 0 aromatic heterocycles. The summed E-state index contributed by atoms with van der Waals surface area (Å²) in [6.07, 6.45) is 4.55. The van der Waals surface area contributed by atoms with Gasteiger partial charge >= 0.3 is 0 Å². The molecule has 3 N–H and O–H groups in total. The first kappa shape index (κ1) is 19.2. The third-order valence-corrected chi connectivity index (χ3v) is 6.26. The molecule has 5 nitrogen and oxygen atoms in total. The molecule has 26 heavy (non-hydrogen) atoms. The highest BCUT2D eigenvalue weighted by Gasteiger charge is 2.31. The van der Waals surface area contributed by atoms with Crippen LogP contribution in [0.1, 0.15) is 37.3 Å². The molecule has 0 bridgehead atoms. The maximum atomic E-state index is 12.5. The van der Waals surface area contributed by atoms with Crippen LogP contribution in [0.15, 0.2) is 24.3 Å². The second-order valence-corrected chi connectivity index (χ2v) is 8.38. The van der Waals surface area contributed by atoms with E-state index in [4.69, 9.17) is 0 Å². The lowest BCUT2D eigenvalue weighted by Crippen LogP contribution is -3.27. The number of carbonyl (C=O) groups excluding carboxylic acids is 1. The number of carbonyl (C=O) groups is 1. The zero-order valence-electron chi connectivity index (χ0n) is 16.7. The number of likely N-dealkylation sites (N-methyl/N-ethyl adjacent to an activating group) is 1. The molecule has 144 valence electrons. The van der Waals surface area contributed by atoms with Crippen LogP contribution in [0.4, 0.5) is 5.69 Å². The molecule has 0 radical (unpaired) electrons. The van der Waals surface area contributed by atoms with Crippen molar-refractivity contribution in [3.05, 3.63) is 29.8 Å². The van der Waals surface area contributed by atoms with Crippen molar-refractivity contribution < 1.29 is 14.6 Å². The number of hydrogen-bond donors (Lipinski definition) is 3. The van der Waals surface area contributed by atoms with Crippen LogP contribution in [-0.2, 0) is 4.79 Å². The quantitative estimate of drug-likeness (QED) is 0.641. The fraction of sp³-hybridized carbons (Fsp3) is 0.667. The first-order valence-electron chi connectivity index (χ1n) is 10.3. The Bertz CT molecular complexity index is 572. The summed E-state index contributed by atoms with van der Waals surface area (Å²) in [6.45, 7) is 5.51. The van der Waals surface area contributed by atoms with Crippen molar-refractivity contribution >= 4 is 11.6 Å². The molecule has 1 amide bonds. The number of nitrogens with one attached hydrogen (secondary N) is 3. The second-order valence-electron chi connectivity index (χ2n) is 8.38. The Hall–Kier alpha value is -1.59. The van der Waals surface area contributed by atoms with Gasteiger partial charge in [0.15, 0.2) is 0 Å². The van der Waals surface area contributed by atoms with Crippen molar-refractivity contribution in [3.63, 3.8) is 0 Å². The van der Waals surface area contributed by atoms with E-state index in [9.17, 15) is 4.79 Å². The number of amides is 1. The highest BCUT2D eigenvalue weighted by molar-refractivity contribution is 5.78. The molecule has 1 heterocycles. The van der Waals surface area contributed by atoms with Crippen LogP contribution in [0.5, 0.6) is 0 Å². The average Bonchev–Trinajstić information content (AvgIpc) is 3.18. The third kappa shape index (κ3) is 4.77. The van der Waals surface area contributed by atoms with Crippen LogP contribution in [0.25, 0.3) is 0 Å². The molecule has 0 unspecified atom stereocenters. The van der Waals surface area contributed by atoms with Gasteiger partial charge in [-0.15, -0.1) is 0 Å². The Morgan fingerprint density at radius 2 is 1.73 bits per heavy atom. The zero-order valence-corrected chi connectivity index (χ0v) is 16.7. The Morgan fingerprint density at radius 3 is 2.31 bits per heavy atom. The van der Waals surface area contributed by atoms with E-state index < -0.39 is 0 Å². The van der Waals surface area contributed by atoms with Crippen LogP contribution >= 0.6 is 0 Å². The summed E-state index contributed by atoms with van der Waals surface area (Å²) in [5.41, 5.74) is 2.57. The molecule has 1 aromatic carbocycles. The van der Waals surface area contributed by atoms with Crippen molar-refractivity contribution in [1.29, 1.82) is 0 Å². The van der Waals surface area contributed by atoms with E-state index in [0.29, 0.717) is 6.04 Å². The van der Waals surface area contributed by atoms with Gasteiger partial charge in [0, 0.05) is 31.3 Å². The van der Waals surface area contributed by atoms with Gasteiger partial charge in [-0.1, -0.05) is 25.0 Å². The standard InChI is InChI=1S/C21H34N4O/c1-23(2)19-10-8-17(9-11-19)20(25-14-12-24(3)13-15-25)16-22-21(26)18-6-4-5-7-18/h8-11,18,20H,4-7,12-16H2,1-3H3,(H,22,26)/p+2/t20-/m0/s1. The summed E-state index contributed by atoms with van der Waals surface area (Å²) in [6, 6.07) is 9.24. The summed E-state index contributed by atoms with van der Waals surface area (Å²) in [5.74, 6) is 0.523. The minimum atomic E-state index is 0.249. The molecule has 1 aliphatic carbocycles. The largest absolute Gasteiger partial charge is 0.378 e. The van der Waals surface area contributed by atoms with Gasteiger partial charge in [0.25, 0.3) is 0 Å². The number of piperazine rings is 1. The number of benzene rings is 1. The Kier molecular flexibility index (Phi) is 6.54. The Balaban J connectivity index is 1.69. The van der Waals surface area contributed by atoms with Gasteiger partial charge in [0.2, 0.25) is 5.91 Å². The number of anilines is 1. The van der Waals surface area contributed by atoms with Crippen LogP contribution in [0, 0.1) is 5.92 Å². The van der Waals surface area contributed by atoms with Gasteiger partial charge in [0.05, 0.1) is 13.6 Å². The smallest absolute Gasteiger partial charge is 0.223 e. The molecule has 2 fully saturated rings. The van der Waals surface area contributed by atoms with E-state index in [1.54, 1.807) is 9.80 Å². The summed E-state index contributed by atoms with van der Waals surface area (Å²) in [7, 11) is 6.42. The van der Waals surface area contributed by atoms with Crippen LogP contribution in [-0.4, -0.2) is 59.8 Å². The van der Waals surface area contributed by atoms with E-state index in [1.165, 1.54) is 50.3 Å². The lowest BCUT2D eigenvalue weighted by Gasteiger charge is -2.34. The molecule has 1 saturated heterocycles. The number of quaternary nitrogens is 2. The van der Waals surface area contributed by atoms with Gasteiger partial charge in [-0.3, -0.25) is 4.79 Å². The average molecular weight is 361 g/mol. The summed E-state index contributed by atoms with van der Waals surface area (Å²) < 4.78 is 0. The van der Waals surface area contributed by atoms with Crippen molar-refractivity contribution in [2.24, 2.45) is 5.92 Å². The second kappa shape index (κ2) is 8.87. The lowest BCUT2D eigenvalue weighted by atomic mass is 10.0. The van der Waals surface area contributed by atoms with E-state index >= 15 is 0 Å². The van der Waals surface area contributed by atoms with E-state index in [1.807, 2.05) is 0 Å². The lowest BCUT2D eigenvalue weighted by molar-refractivity contribution is -1.02. The molecule has 1 atom stereocenters. The minimum absolute atomic E-state index is 0.249. The van der Waals surface area contributed by atoms with E-state index in [0.717, 1.165) is 19.4 Å². The summed E-state index contributed by atoms with van der Waals surface area (Å²) >= 11 is 0. The number of hydrogen-bond acceptors (Lipinski definition) is 2. The molecular weight excluding hydrogens is 324 g/mol. The Morgan fingerprint density at radius 1 is 1.12 bits per heavy atom. The van der Waals surface area contributed by atoms with E-state index in [2.05, 4.69) is 55.6 Å². The van der Waals surface area contributed by atoms with Crippen LogP contribution in [0.2, 0.25) is 0 Å². The topological polar surface area (TPSA) is 41.2 Å². The maximum Gasteiger partial charge on any atom is 0.223 e. The highest BCUT2D eigenvalue weighted by atomic mass is 16.1. The van der Waals surface area contributed by atoms with Gasteiger partial charge in [0.1, 0.15) is 32.2 Å². The molecule has 5 heteroatoms.